The van der Waals surface area contributed by atoms with Gasteiger partial charge in [0, 0.05) is 5.56 Å². The first-order valence-electron chi connectivity index (χ1n) is 5.06. The number of amides is 1. The number of hydrogen-bond acceptors (Lipinski definition) is 2. The smallest absolute Gasteiger partial charge is 0.274 e. The molecule has 0 aliphatic carbocycles. The minimum atomic E-state index is -0.469. The van der Waals surface area contributed by atoms with Gasteiger partial charge in [0.1, 0.15) is 0 Å². The maximum atomic E-state index is 11.2. The second-order valence-corrected chi connectivity index (χ2v) is 4.26. The lowest BCUT2D eigenvalue weighted by Gasteiger charge is -2.23. The van der Waals surface area contributed by atoms with Crippen molar-refractivity contribution in [3.05, 3.63) is 35.4 Å². The van der Waals surface area contributed by atoms with E-state index in [9.17, 15) is 4.79 Å². The van der Waals surface area contributed by atoms with Crippen LogP contribution in [0.2, 0.25) is 0 Å². The summed E-state index contributed by atoms with van der Waals surface area (Å²) in [4.78, 5) is 11.2. The van der Waals surface area contributed by atoms with E-state index in [-0.39, 0.29) is 5.41 Å². The summed E-state index contributed by atoms with van der Waals surface area (Å²) in [6.45, 7) is 6.37. The second kappa shape index (κ2) is 4.45. The Hall–Kier alpha value is -1.35. The van der Waals surface area contributed by atoms with Gasteiger partial charge in [0.05, 0.1) is 0 Å². The minimum absolute atomic E-state index is 0.0474. The lowest BCUT2D eigenvalue weighted by atomic mass is 9.81. The third-order valence-electron chi connectivity index (χ3n) is 2.89. The van der Waals surface area contributed by atoms with Crippen LogP contribution >= 0.6 is 0 Å². The van der Waals surface area contributed by atoms with Gasteiger partial charge in [-0.1, -0.05) is 32.9 Å². The number of carbonyl (C=O) groups is 1. The molecular formula is C12H17NO2. The van der Waals surface area contributed by atoms with Crippen LogP contribution in [0.1, 0.15) is 43.1 Å². The molecule has 0 atom stereocenters. The summed E-state index contributed by atoms with van der Waals surface area (Å²) in [6.07, 6.45) is 0.997. The number of hydrogen-bond donors (Lipinski definition) is 2. The van der Waals surface area contributed by atoms with Crippen LogP contribution in [0.5, 0.6) is 0 Å². The van der Waals surface area contributed by atoms with E-state index in [0.717, 1.165) is 12.0 Å². The zero-order valence-corrected chi connectivity index (χ0v) is 9.37. The molecule has 3 nitrogen and oxygen atoms in total. The molecule has 0 heterocycles. The maximum absolute atomic E-state index is 11.2. The highest BCUT2D eigenvalue weighted by molar-refractivity contribution is 5.93. The van der Waals surface area contributed by atoms with Crippen molar-refractivity contribution in [1.29, 1.82) is 0 Å². The van der Waals surface area contributed by atoms with Crippen LogP contribution in [0.25, 0.3) is 0 Å². The van der Waals surface area contributed by atoms with Crippen molar-refractivity contribution in [1.82, 2.24) is 5.48 Å². The van der Waals surface area contributed by atoms with Gasteiger partial charge in [-0.2, -0.15) is 0 Å². The first kappa shape index (κ1) is 11.7. The summed E-state index contributed by atoms with van der Waals surface area (Å²) in [5, 5.41) is 8.54. The van der Waals surface area contributed by atoms with Crippen molar-refractivity contribution in [3.63, 3.8) is 0 Å². The Morgan fingerprint density at radius 1 is 1.47 bits per heavy atom. The van der Waals surface area contributed by atoms with Gasteiger partial charge in [-0.15, -0.1) is 0 Å². The molecule has 1 aromatic carbocycles. The van der Waals surface area contributed by atoms with E-state index in [1.165, 1.54) is 0 Å². The fraction of sp³-hybridized carbons (Fsp3) is 0.417. The van der Waals surface area contributed by atoms with E-state index in [1.807, 2.05) is 18.2 Å². The topological polar surface area (TPSA) is 49.3 Å². The number of carbonyl (C=O) groups excluding carboxylic acids is 1. The zero-order valence-electron chi connectivity index (χ0n) is 9.37. The van der Waals surface area contributed by atoms with E-state index in [4.69, 9.17) is 5.21 Å². The average molecular weight is 207 g/mol. The van der Waals surface area contributed by atoms with E-state index in [1.54, 1.807) is 11.5 Å². The standard InChI is InChI=1S/C12H17NO2/c1-4-12(2,3)10-7-5-6-9(8-10)11(14)13-15/h5-8,15H,4H2,1-3H3,(H,13,14). The van der Waals surface area contributed by atoms with Gasteiger partial charge in [0.2, 0.25) is 0 Å². The van der Waals surface area contributed by atoms with Crippen molar-refractivity contribution < 1.29 is 10.0 Å². The Balaban J connectivity index is 3.08. The van der Waals surface area contributed by atoms with Crippen molar-refractivity contribution in [2.45, 2.75) is 32.6 Å². The molecule has 0 radical (unpaired) electrons. The van der Waals surface area contributed by atoms with Crippen LogP contribution in [-0.4, -0.2) is 11.1 Å². The monoisotopic (exact) mass is 207 g/mol. The zero-order chi connectivity index (χ0) is 11.5. The van der Waals surface area contributed by atoms with Crippen LogP contribution in [0.4, 0.5) is 0 Å². The quantitative estimate of drug-likeness (QED) is 0.591. The van der Waals surface area contributed by atoms with Gasteiger partial charge in [0.15, 0.2) is 0 Å². The van der Waals surface area contributed by atoms with Gasteiger partial charge in [-0.3, -0.25) is 10.0 Å². The maximum Gasteiger partial charge on any atom is 0.274 e. The highest BCUT2D eigenvalue weighted by Crippen LogP contribution is 2.26. The van der Waals surface area contributed by atoms with Crippen LogP contribution in [0.3, 0.4) is 0 Å². The second-order valence-electron chi connectivity index (χ2n) is 4.26. The third-order valence-corrected chi connectivity index (χ3v) is 2.89. The number of benzene rings is 1. The predicted molar refractivity (Wildman–Crippen MR) is 59.0 cm³/mol. The van der Waals surface area contributed by atoms with E-state index in [0.29, 0.717) is 5.56 Å². The summed E-state index contributed by atoms with van der Waals surface area (Å²) in [6, 6.07) is 7.32. The molecule has 0 fully saturated rings. The molecule has 0 saturated carbocycles. The molecule has 0 saturated heterocycles. The first-order chi connectivity index (χ1) is 7.01. The fourth-order valence-electron chi connectivity index (χ4n) is 1.35. The summed E-state index contributed by atoms with van der Waals surface area (Å²) >= 11 is 0. The van der Waals surface area contributed by atoms with E-state index >= 15 is 0 Å². The van der Waals surface area contributed by atoms with Crippen molar-refractivity contribution in [2.75, 3.05) is 0 Å². The van der Waals surface area contributed by atoms with E-state index in [2.05, 4.69) is 20.8 Å². The third kappa shape index (κ3) is 2.57. The van der Waals surface area contributed by atoms with Gasteiger partial charge in [-0.25, -0.2) is 5.48 Å². The highest BCUT2D eigenvalue weighted by Gasteiger charge is 2.18. The van der Waals surface area contributed by atoms with Crippen LogP contribution in [-0.2, 0) is 5.41 Å². The minimum Gasteiger partial charge on any atom is -0.288 e. The molecule has 1 rings (SSSR count). The summed E-state index contributed by atoms with van der Waals surface area (Å²) < 4.78 is 0. The fourth-order valence-corrected chi connectivity index (χ4v) is 1.35. The van der Waals surface area contributed by atoms with Crippen LogP contribution in [0.15, 0.2) is 24.3 Å². The van der Waals surface area contributed by atoms with Gasteiger partial charge >= 0.3 is 0 Å². The summed E-state index contributed by atoms with van der Waals surface area (Å²) in [5.74, 6) is -0.469. The van der Waals surface area contributed by atoms with Crippen LogP contribution in [0, 0.1) is 0 Å². The molecule has 2 N–H and O–H groups in total. The Morgan fingerprint density at radius 3 is 2.67 bits per heavy atom. The Labute approximate surface area is 90.1 Å². The van der Waals surface area contributed by atoms with Gasteiger partial charge in [-0.05, 0) is 29.5 Å². The Morgan fingerprint density at radius 2 is 2.13 bits per heavy atom. The molecule has 1 aromatic rings. The Bertz CT molecular complexity index is 358. The van der Waals surface area contributed by atoms with Crippen molar-refractivity contribution in [3.8, 4) is 0 Å². The predicted octanol–water partition coefficient (Wildman–Crippen LogP) is 2.49. The first-order valence-corrected chi connectivity index (χ1v) is 5.06. The van der Waals surface area contributed by atoms with Gasteiger partial charge < -0.3 is 0 Å². The molecule has 0 aromatic heterocycles. The van der Waals surface area contributed by atoms with E-state index < -0.39 is 5.91 Å². The molecule has 0 aliphatic heterocycles. The van der Waals surface area contributed by atoms with Crippen molar-refractivity contribution in [2.24, 2.45) is 0 Å². The highest BCUT2D eigenvalue weighted by atomic mass is 16.5. The van der Waals surface area contributed by atoms with Crippen LogP contribution < -0.4 is 5.48 Å². The molecule has 0 aliphatic rings. The number of hydroxylamine groups is 1. The molecule has 0 bridgehead atoms. The normalized spacial score (nSPS) is 11.2. The number of nitrogens with one attached hydrogen (secondary N) is 1. The lowest BCUT2D eigenvalue weighted by molar-refractivity contribution is 0.0706. The molecule has 1 amide bonds. The molecule has 0 spiro atoms. The summed E-state index contributed by atoms with van der Waals surface area (Å²) in [7, 11) is 0. The molecule has 0 unspecified atom stereocenters. The molecule has 15 heavy (non-hydrogen) atoms. The number of rotatable bonds is 3. The average Bonchev–Trinajstić information content (AvgIpc) is 2.28. The molecule has 82 valence electrons. The lowest BCUT2D eigenvalue weighted by Crippen LogP contribution is -2.21. The largest absolute Gasteiger partial charge is 0.288 e. The van der Waals surface area contributed by atoms with Gasteiger partial charge in [0.25, 0.3) is 5.91 Å². The Kier molecular flexibility index (Phi) is 3.48. The summed E-state index contributed by atoms with van der Waals surface area (Å²) in [5.41, 5.74) is 3.27. The molecular weight excluding hydrogens is 190 g/mol. The van der Waals surface area contributed by atoms with Crippen molar-refractivity contribution >= 4 is 5.91 Å². The SMILES string of the molecule is CCC(C)(C)c1cccc(C(=O)NO)c1. The molecule has 3 heteroatoms.